The molecule has 4 aromatic carbocycles. The van der Waals surface area contributed by atoms with Gasteiger partial charge in [0.05, 0.1) is 24.5 Å². The highest BCUT2D eigenvalue weighted by molar-refractivity contribution is 6.05. The lowest BCUT2D eigenvalue weighted by atomic mass is 9.68. The summed E-state index contributed by atoms with van der Waals surface area (Å²) in [7, 11) is 1.48. The summed E-state index contributed by atoms with van der Waals surface area (Å²) in [6, 6.07) is 30.5. The predicted molar refractivity (Wildman–Crippen MR) is 174 cm³/mol. The van der Waals surface area contributed by atoms with Gasteiger partial charge in [-0.3, -0.25) is 14.5 Å². The van der Waals surface area contributed by atoms with Crippen molar-refractivity contribution in [2.45, 2.75) is 25.4 Å². The number of carbonyl (C=O) groups is 2. The van der Waals surface area contributed by atoms with Crippen molar-refractivity contribution in [2.24, 2.45) is 17.8 Å². The maximum atomic E-state index is 13.2. The molecule has 2 amide bonds. The molecular formula is C38H37NO6. The van der Waals surface area contributed by atoms with E-state index >= 15 is 0 Å². The summed E-state index contributed by atoms with van der Waals surface area (Å²) in [4.78, 5) is 27.4. The lowest BCUT2D eigenvalue weighted by Gasteiger charge is -2.36. The third kappa shape index (κ3) is 6.01. The van der Waals surface area contributed by atoms with E-state index in [1.165, 1.54) is 7.05 Å². The van der Waals surface area contributed by atoms with Crippen molar-refractivity contribution in [3.05, 3.63) is 119 Å². The van der Waals surface area contributed by atoms with Crippen molar-refractivity contribution in [1.82, 2.24) is 4.90 Å². The first-order valence-corrected chi connectivity index (χ1v) is 15.3. The van der Waals surface area contributed by atoms with Crippen LogP contribution in [0.3, 0.4) is 0 Å². The summed E-state index contributed by atoms with van der Waals surface area (Å²) in [5, 5.41) is 34.6. The number of hydrogen-bond donors (Lipinski definition) is 3. The Kier molecular flexibility index (Phi) is 8.83. The van der Waals surface area contributed by atoms with E-state index < -0.39 is 23.9 Å². The van der Waals surface area contributed by atoms with Crippen LogP contribution in [0.15, 0.2) is 108 Å². The van der Waals surface area contributed by atoms with E-state index in [1.807, 2.05) is 91.0 Å². The number of phenolic OH excluding ortho intramolecular Hbond substituents is 1. The van der Waals surface area contributed by atoms with Gasteiger partial charge in [-0.1, -0.05) is 84.9 Å². The average Bonchev–Trinajstić information content (AvgIpc) is 3.29. The molecule has 0 bridgehead atoms. The van der Waals surface area contributed by atoms with Crippen LogP contribution in [-0.2, 0) is 9.59 Å². The molecule has 230 valence electrons. The van der Waals surface area contributed by atoms with Gasteiger partial charge in [-0.2, -0.15) is 0 Å². The first-order chi connectivity index (χ1) is 21.9. The van der Waals surface area contributed by atoms with E-state index in [1.54, 1.807) is 6.07 Å². The monoisotopic (exact) mass is 603 g/mol. The molecule has 7 nitrogen and oxygen atoms in total. The summed E-state index contributed by atoms with van der Waals surface area (Å²) in [6.45, 7) is -0.224. The van der Waals surface area contributed by atoms with E-state index in [0.717, 1.165) is 37.9 Å². The average molecular weight is 604 g/mol. The fourth-order valence-electron chi connectivity index (χ4n) is 6.96. The Balaban J connectivity index is 1.35. The summed E-state index contributed by atoms with van der Waals surface area (Å²) < 4.78 is 6.09. The third-order valence-electron chi connectivity index (χ3n) is 9.21. The molecule has 45 heavy (non-hydrogen) atoms. The molecule has 6 rings (SSSR count). The van der Waals surface area contributed by atoms with Gasteiger partial charge in [0.1, 0.15) is 18.1 Å². The van der Waals surface area contributed by atoms with Gasteiger partial charge < -0.3 is 20.1 Å². The Morgan fingerprint density at radius 2 is 1.58 bits per heavy atom. The van der Waals surface area contributed by atoms with Gasteiger partial charge in [0.15, 0.2) is 0 Å². The standard InChI is InChI=1S/C38H37NO6/c1-39-37(43)31-21-27(23-45-28-12-6-3-7-13-28)35(32(22-40)36(31)38(39)44)34(42)19-16-25(24-10-4-2-5-11-24)20-26-17-18-33(41)30-15-9-8-14-29(26)30/h2-15,17-18,20,31-32,34,36,40-42H,16,19,21-23H2,1H3/b25-20-/t31-,32+,34-,36-/m1/s1. The van der Waals surface area contributed by atoms with Crippen LogP contribution in [0.25, 0.3) is 22.4 Å². The number of hydrogen-bond acceptors (Lipinski definition) is 6. The second-order valence-corrected chi connectivity index (χ2v) is 11.8. The number of ether oxygens (including phenoxy) is 1. The number of amides is 2. The quantitative estimate of drug-likeness (QED) is 0.119. The van der Waals surface area contributed by atoms with E-state index in [0.29, 0.717) is 24.2 Å². The van der Waals surface area contributed by atoms with Crippen molar-refractivity contribution >= 4 is 34.2 Å². The molecule has 1 saturated heterocycles. The molecular weight excluding hydrogens is 566 g/mol. The second kappa shape index (κ2) is 13.1. The van der Waals surface area contributed by atoms with Crippen molar-refractivity contribution in [3.63, 3.8) is 0 Å². The Morgan fingerprint density at radius 1 is 0.911 bits per heavy atom. The zero-order chi connectivity index (χ0) is 31.5. The second-order valence-electron chi connectivity index (χ2n) is 11.8. The molecule has 0 unspecified atom stereocenters. The minimum absolute atomic E-state index is 0.141. The van der Waals surface area contributed by atoms with Crippen LogP contribution < -0.4 is 4.74 Å². The van der Waals surface area contributed by atoms with Crippen LogP contribution in [-0.4, -0.2) is 58.4 Å². The first-order valence-electron chi connectivity index (χ1n) is 15.3. The minimum atomic E-state index is -0.977. The van der Waals surface area contributed by atoms with Gasteiger partial charge in [-0.05, 0) is 70.7 Å². The molecule has 1 aliphatic heterocycles. The number of aliphatic hydroxyl groups excluding tert-OH is 2. The van der Waals surface area contributed by atoms with Crippen molar-refractivity contribution < 1.29 is 29.6 Å². The third-order valence-corrected chi connectivity index (χ3v) is 9.21. The summed E-state index contributed by atoms with van der Waals surface area (Å²) >= 11 is 0. The zero-order valence-corrected chi connectivity index (χ0v) is 25.2. The Labute approximate surface area is 262 Å². The molecule has 7 heteroatoms. The number of fused-ring (bicyclic) bond motifs is 2. The Morgan fingerprint density at radius 3 is 2.29 bits per heavy atom. The lowest BCUT2D eigenvalue weighted by molar-refractivity contribution is -0.138. The van der Waals surface area contributed by atoms with Crippen molar-refractivity contribution in [2.75, 3.05) is 20.3 Å². The van der Waals surface area contributed by atoms with Crippen LogP contribution in [0.2, 0.25) is 0 Å². The van der Waals surface area contributed by atoms with Gasteiger partial charge in [0.2, 0.25) is 11.8 Å². The van der Waals surface area contributed by atoms with E-state index in [-0.39, 0.29) is 37.2 Å². The normalized spacial score (nSPS) is 20.9. The fraction of sp³-hybridized carbons (Fsp3) is 0.263. The number of aromatic hydroxyl groups is 1. The number of imide groups is 1. The van der Waals surface area contributed by atoms with Crippen LogP contribution in [0.5, 0.6) is 11.5 Å². The number of phenols is 1. The van der Waals surface area contributed by atoms with Gasteiger partial charge in [0, 0.05) is 18.4 Å². The summed E-state index contributed by atoms with van der Waals surface area (Å²) in [5.74, 6) is -1.71. The lowest BCUT2D eigenvalue weighted by Crippen LogP contribution is -2.39. The fourth-order valence-corrected chi connectivity index (χ4v) is 6.96. The Bertz CT molecular complexity index is 1760. The number of allylic oxidation sites excluding steroid dienone is 1. The van der Waals surface area contributed by atoms with Gasteiger partial charge in [-0.15, -0.1) is 0 Å². The molecule has 1 aliphatic carbocycles. The van der Waals surface area contributed by atoms with E-state index in [9.17, 15) is 24.9 Å². The zero-order valence-electron chi connectivity index (χ0n) is 25.2. The van der Waals surface area contributed by atoms with Gasteiger partial charge in [0.25, 0.3) is 0 Å². The van der Waals surface area contributed by atoms with Crippen LogP contribution in [0, 0.1) is 17.8 Å². The largest absolute Gasteiger partial charge is 0.507 e. The highest BCUT2D eigenvalue weighted by Crippen LogP contribution is 2.46. The molecule has 4 aromatic rings. The summed E-state index contributed by atoms with van der Waals surface area (Å²) in [6.07, 6.45) is 2.22. The predicted octanol–water partition coefficient (Wildman–Crippen LogP) is 5.85. The number of rotatable bonds is 10. The van der Waals surface area contributed by atoms with Crippen LogP contribution in [0.4, 0.5) is 0 Å². The molecule has 0 saturated carbocycles. The number of aliphatic hydroxyl groups is 2. The van der Waals surface area contributed by atoms with E-state index in [2.05, 4.69) is 6.08 Å². The number of carbonyl (C=O) groups excluding carboxylic acids is 2. The number of benzene rings is 4. The van der Waals surface area contributed by atoms with Gasteiger partial charge in [-0.25, -0.2) is 0 Å². The molecule has 4 atom stereocenters. The highest BCUT2D eigenvalue weighted by atomic mass is 16.5. The molecule has 1 heterocycles. The van der Waals surface area contributed by atoms with Crippen LogP contribution in [0.1, 0.15) is 30.4 Å². The molecule has 3 N–H and O–H groups in total. The maximum absolute atomic E-state index is 13.2. The minimum Gasteiger partial charge on any atom is -0.507 e. The smallest absolute Gasteiger partial charge is 0.233 e. The topological polar surface area (TPSA) is 107 Å². The van der Waals surface area contributed by atoms with E-state index in [4.69, 9.17) is 4.74 Å². The molecule has 0 spiro atoms. The van der Waals surface area contributed by atoms with Crippen LogP contribution >= 0.6 is 0 Å². The molecule has 0 radical (unpaired) electrons. The SMILES string of the molecule is CN1C(=O)[C@@H]2[C@@H](CC(COc3ccccc3)=C([C@H](O)CC/C(=C/c3ccc(O)c4ccccc34)c3ccccc3)[C@@H]2CO)C1=O. The molecule has 2 aliphatic rings. The number of nitrogens with zero attached hydrogens (tertiary/aromatic N) is 1. The van der Waals surface area contributed by atoms with Crippen molar-refractivity contribution in [3.8, 4) is 11.5 Å². The molecule has 1 fully saturated rings. The highest BCUT2D eigenvalue weighted by Gasteiger charge is 2.53. The number of likely N-dealkylation sites (tertiary alicyclic amines) is 1. The number of para-hydroxylation sites is 1. The Hall–Kier alpha value is -4.72. The maximum Gasteiger partial charge on any atom is 0.233 e. The first kappa shape index (κ1) is 30.3. The molecule has 0 aromatic heterocycles. The van der Waals surface area contributed by atoms with Crippen molar-refractivity contribution in [1.29, 1.82) is 0 Å². The summed E-state index contributed by atoms with van der Waals surface area (Å²) in [5.41, 5.74) is 4.28. The van der Waals surface area contributed by atoms with Gasteiger partial charge >= 0.3 is 0 Å².